The fraction of sp³-hybridized carbons (Fsp3) is 0.560. The standard InChI is InChI=1S/C25H36FN5O4/c1-4-6-13-30-23(27)22(24(33)28-25(30)34)31(18-9-7-8-10-18)21(32)16-29(5-2)15-17-11-12-20(35-3)19(26)14-17/h11-12,14,18H,4-10,13,15-16,27H2,1-3H3,(H,28,33,34). The van der Waals surface area contributed by atoms with Crippen molar-refractivity contribution in [3.63, 3.8) is 0 Å². The smallest absolute Gasteiger partial charge is 0.330 e. The third-order valence-corrected chi connectivity index (χ3v) is 6.58. The van der Waals surface area contributed by atoms with E-state index in [-0.39, 0.29) is 35.7 Å². The molecule has 1 heterocycles. The molecule has 1 aliphatic rings. The van der Waals surface area contributed by atoms with Crippen LogP contribution in [0, 0.1) is 5.82 Å². The number of hydrogen-bond donors (Lipinski definition) is 2. The summed E-state index contributed by atoms with van der Waals surface area (Å²) in [5.74, 6) is -0.555. The fourth-order valence-electron chi connectivity index (χ4n) is 4.64. The highest BCUT2D eigenvalue weighted by molar-refractivity contribution is 5.97. The Hall–Kier alpha value is -3.14. The second-order valence-electron chi connectivity index (χ2n) is 8.97. The molecule has 0 unspecified atom stereocenters. The van der Waals surface area contributed by atoms with Gasteiger partial charge in [0.2, 0.25) is 5.91 Å². The number of H-pyrrole nitrogens is 1. The lowest BCUT2D eigenvalue weighted by atomic mass is 10.1. The van der Waals surface area contributed by atoms with Crippen molar-refractivity contribution in [2.45, 2.75) is 71.5 Å². The van der Waals surface area contributed by atoms with Crippen LogP contribution in [0.3, 0.4) is 0 Å². The number of nitrogens with two attached hydrogens (primary N) is 1. The number of likely N-dealkylation sites (N-methyl/N-ethyl adjacent to an activating group) is 1. The molecule has 0 atom stereocenters. The molecule has 9 nitrogen and oxygen atoms in total. The number of methoxy groups -OCH3 is 1. The second-order valence-corrected chi connectivity index (χ2v) is 8.97. The van der Waals surface area contributed by atoms with Gasteiger partial charge in [-0.25, -0.2) is 9.18 Å². The summed E-state index contributed by atoms with van der Waals surface area (Å²) in [6.45, 7) is 5.19. The van der Waals surface area contributed by atoms with Gasteiger partial charge in [-0.2, -0.15) is 0 Å². The van der Waals surface area contributed by atoms with E-state index < -0.39 is 17.1 Å². The number of unbranched alkanes of at least 4 members (excludes halogenated alkanes) is 1. The molecule has 3 N–H and O–H groups in total. The summed E-state index contributed by atoms with van der Waals surface area (Å²) >= 11 is 0. The van der Waals surface area contributed by atoms with E-state index in [1.807, 2.05) is 18.7 Å². The molecule has 0 spiro atoms. The molecule has 0 aliphatic heterocycles. The molecule has 35 heavy (non-hydrogen) atoms. The number of hydrogen-bond acceptors (Lipinski definition) is 6. The zero-order valence-electron chi connectivity index (χ0n) is 20.8. The Balaban J connectivity index is 1.92. The molecule has 2 aromatic rings. The van der Waals surface area contributed by atoms with Crippen molar-refractivity contribution in [2.24, 2.45) is 0 Å². The molecule has 10 heteroatoms. The van der Waals surface area contributed by atoms with E-state index in [2.05, 4.69) is 4.98 Å². The summed E-state index contributed by atoms with van der Waals surface area (Å²) in [5, 5.41) is 0. The first-order chi connectivity index (χ1) is 16.8. The van der Waals surface area contributed by atoms with Gasteiger partial charge in [-0.3, -0.25) is 24.0 Å². The van der Waals surface area contributed by atoms with Crippen molar-refractivity contribution in [2.75, 3.05) is 30.8 Å². The van der Waals surface area contributed by atoms with Crippen molar-refractivity contribution in [3.8, 4) is 5.75 Å². The average Bonchev–Trinajstić information content (AvgIpc) is 3.35. The maximum Gasteiger partial charge on any atom is 0.330 e. The molecular formula is C25H36FN5O4. The Morgan fingerprint density at radius 1 is 1.26 bits per heavy atom. The molecule has 1 aromatic heterocycles. The van der Waals surface area contributed by atoms with Gasteiger partial charge >= 0.3 is 5.69 Å². The largest absolute Gasteiger partial charge is 0.494 e. The number of ether oxygens (including phenoxy) is 1. The zero-order chi connectivity index (χ0) is 25.5. The van der Waals surface area contributed by atoms with Crippen LogP contribution in [0.4, 0.5) is 15.9 Å². The van der Waals surface area contributed by atoms with E-state index in [0.717, 1.165) is 38.5 Å². The van der Waals surface area contributed by atoms with Crippen molar-refractivity contribution in [1.29, 1.82) is 0 Å². The van der Waals surface area contributed by atoms with E-state index in [0.29, 0.717) is 25.2 Å². The van der Waals surface area contributed by atoms with Crippen LogP contribution in [0.25, 0.3) is 0 Å². The van der Waals surface area contributed by atoms with E-state index in [4.69, 9.17) is 10.5 Å². The van der Waals surface area contributed by atoms with Crippen LogP contribution in [0.1, 0.15) is 57.9 Å². The number of halogens is 1. The summed E-state index contributed by atoms with van der Waals surface area (Å²) in [6.07, 6.45) is 4.98. The van der Waals surface area contributed by atoms with Gasteiger partial charge in [0.1, 0.15) is 5.82 Å². The Morgan fingerprint density at radius 3 is 2.57 bits per heavy atom. The highest BCUT2D eigenvalue weighted by Crippen LogP contribution is 2.29. The van der Waals surface area contributed by atoms with Gasteiger partial charge in [0.15, 0.2) is 17.3 Å². The number of nitrogen functional groups attached to an aromatic ring is 1. The summed E-state index contributed by atoms with van der Waals surface area (Å²) in [5.41, 5.74) is 5.87. The van der Waals surface area contributed by atoms with Gasteiger partial charge in [-0.15, -0.1) is 0 Å². The van der Waals surface area contributed by atoms with Crippen molar-refractivity contribution in [1.82, 2.24) is 14.5 Å². The van der Waals surface area contributed by atoms with Gasteiger partial charge < -0.3 is 15.4 Å². The Kier molecular flexibility index (Phi) is 9.08. The van der Waals surface area contributed by atoms with Crippen LogP contribution in [0.15, 0.2) is 27.8 Å². The Morgan fingerprint density at radius 2 is 1.97 bits per heavy atom. The third kappa shape index (κ3) is 6.11. The minimum atomic E-state index is -0.652. The van der Waals surface area contributed by atoms with Gasteiger partial charge in [-0.05, 0) is 43.5 Å². The quantitative estimate of drug-likeness (QED) is 0.502. The highest BCUT2D eigenvalue weighted by atomic mass is 19.1. The highest BCUT2D eigenvalue weighted by Gasteiger charge is 2.33. The number of nitrogens with one attached hydrogen (secondary N) is 1. The minimum absolute atomic E-state index is 0.0210. The normalized spacial score (nSPS) is 14.0. The summed E-state index contributed by atoms with van der Waals surface area (Å²) in [7, 11) is 1.41. The molecule has 0 saturated heterocycles. The van der Waals surface area contributed by atoms with Crippen LogP contribution >= 0.6 is 0 Å². The number of amides is 1. The van der Waals surface area contributed by atoms with Crippen molar-refractivity contribution in [3.05, 3.63) is 50.4 Å². The first-order valence-corrected chi connectivity index (χ1v) is 12.3. The van der Waals surface area contributed by atoms with Crippen LogP contribution in [-0.4, -0.2) is 46.6 Å². The van der Waals surface area contributed by atoms with Crippen molar-refractivity contribution < 1.29 is 13.9 Å². The zero-order valence-corrected chi connectivity index (χ0v) is 20.8. The van der Waals surface area contributed by atoms with Crippen LogP contribution in [0.2, 0.25) is 0 Å². The lowest BCUT2D eigenvalue weighted by molar-refractivity contribution is -0.120. The first kappa shape index (κ1) is 26.5. The summed E-state index contributed by atoms with van der Waals surface area (Å²) in [4.78, 5) is 44.7. The SMILES string of the molecule is CCCCn1c(N)c(N(C(=O)CN(CC)Cc2ccc(OC)c(F)c2)C2CCCC2)c(=O)[nH]c1=O. The number of rotatable bonds is 11. The third-order valence-electron chi connectivity index (χ3n) is 6.58. The number of carbonyl (C=O) groups excluding carboxylic acids is 1. The molecule has 1 amide bonds. The molecule has 1 aromatic carbocycles. The minimum Gasteiger partial charge on any atom is -0.494 e. The number of nitrogens with zero attached hydrogens (tertiary/aromatic N) is 3. The van der Waals surface area contributed by atoms with Crippen LogP contribution in [0.5, 0.6) is 5.75 Å². The number of anilines is 2. The molecule has 0 bridgehead atoms. The van der Waals surface area contributed by atoms with E-state index in [1.54, 1.807) is 12.1 Å². The molecule has 1 saturated carbocycles. The van der Waals surface area contributed by atoms with E-state index in [1.165, 1.54) is 22.6 Å². The van der Waals surface area contributed by atoms with E-state index >= 15 is 0 Å². The van der Waals surface area contributed by atoms with E-state index in [9.17, 15) is 18.8 Å². The average molecular weight is 490 g/mol. The number of aromatic amines is 1. The molecular weight excluding hydrogens is 453 g/mol. The lowest BCUT2D eigenvalue weighted by Gasteiger charge is -2.32. The molecule has 1 fully saturated rings. The topological polar surface area (TPSA) is 114 Å². The second kappa shape index (κ2) is 12.0. The van der Waals surface area contributed by atoms with Crippen LogP contribution in [-0.2, 0) is 17.9 Å². The number of carbonyl (C=O) groups is 1. The Bertz CT molecular complexity index is 1140. The van der Waals surface area contributed by atoms with Crippen molar-refractivity contribution >= 4 is 17.4 Å². The maximum atomic E-state index is 14.2. The summed E-state index contributed by atoms with van der Waals surface area (Å²) < 4.78 is 20.5. The molecule has 1 aliphatic carbocycles. The monoisotopic (exact) mass is 489 g/mol. The predicted molar refractivity (Wildman–Crippen MR) is 134 cm³/mol. The molecule has 192 valence electrons. The fourth-order valence-corrected chi connectivity index (χ4v) is 4.64. The lowest BCUT2D eigenvalue weighted by Crippen LogP contribution is -2.49. The molecule has 0 radical (unpaired) electrons. The van der Waals surface area contributed by atoms with Gasteiger partial charge in [0, 0.05) is 19.1 Å². The molecule has 3 rings (SSSR count). The van der Waals surface area contributed by atoms with Gasteiger partial charge in [0.05, 0.1) is 13.7 Å². The number of benzene rings is 1. The maximum absolute atomic E-state index is 14.2. The first-order valence-electron chi connectivity index (χ1n) is 12.3. The Labute approximate surface area is 204 Å². The number of aromatic nitrogens is 2. The van der Waals surface area contributed by atoms with Gasteiger partial charge in [0.25, 0.3) is 5.56 Å². The predicted octanol–water partition coefficient (Wildman–Crippen LogP) is 2.86. The van der Waals surface area contributed by atoms with Gasteiger partial charge in [-0.1, -0.05) is 39.2 Å². The summed E-state index contributed by atoms with van der Waals surface area (Å²) in [6, 6.07) is 4.55. The van der Waals surface area contributed by atoms with Crippen LogP contribution < -0.4 is 26.6 Å².